The van der Waals surface area contributed by atoms with Crippen molar-refractivity contribution < 1.29 is 24.2 Å². The first-order valence-electron chi connectivity index (χ1n) is 3.75. The molecule has 0 aliphatic carbocycles. The van der Waals surface area contributed by atoms with Crippen molar-refractivity contribution in [2.75, 3.05) is 7.11 Å². The summed E-state index contributed by atoms with van der Waals surface area (Å²) in [5.74, 6) is -2.34. The lowest BCUT2D eigenvalue weighted by atomic mass is 10.3. The number of carbonyl (C=O) groups is 3. The van der Waals surface area contributed by atoms with E-state index in [1.807, 2.05) is 0 Å². The minimum atomic E-state index is -1.10. The number of hydrogen-bond acceptors (Lipinski definition) is 4. The largest absolute Gasteiger partial charge is 0.481 e. The fraction of sp³-hybridized carbons (Fsp3) is 0.375. The molecule has 1 amide bonds. The lowest BCUT2D eigenvalue weighted by molar-refractivity contribution is -0.137. The van der Waals surface area contributed by atoms with Gasteiger partial charge in [-0.1, -0.05) is 0 Å². The topological polar surface area (TPSA) is 92.7 Å². The van der Waals surface area contributed by atoms with Gasteiger partial charge in [0.1, 0.15) is 5.70 Å². The van der Waals surface area contributed by atoms with Crippen LogP contribution in [0.2, 0.25) is 0 Å². The molecule has 0 rings (SSSR count). The molecule has 0 atom stereocenters. The smallest absolute Gasteiger partial charge is 0.354 e. The predicted molar refractivity (Wildman–Crippen MR) is 46.2 cm³/mol. The van der Waals surface area contributed by atoms with Gasteiger partial charge in [0.05, 0.1) is 13.5 Å². The molecular formula is C8H11NO5. The minimum absolute atomic E-state index is 0.164. The van der Waals surface area contributed by atoms with Crippen LogP contribution in [0.4, 0.5) is 0 Å². The quantitative estimate of drug-likeness (QED) is 0.479. The lowest BCUT2D eigenvalue weighted by Gasteiger charge is -2.04. The SMILES string of the molecule is COC(=O)/C(=C\CC(=O)O)NC(C)=O. The maximum atomic E-state index is 11.0. The van der Waals surface area contributed by atoms with E-state index in [0.717, 1.165) is 13.2 Å². The highest BCUT2D eigenvalue weighted by atomic mass is 16.5. The molecule has 0 heterocycles. The molecule has 0 aromatic carbocycles. The second-order valence-corrected chi connectivity index (χ2v) is 2.39. The number of carbonyl (C=O) groups excluding carboxylic acids is 2. The summed E-state index contributed by atoms with van der Waals surface area (Å²) in [6.45, 7) is 1.21. The molecule has 0 aromatic rings. The molecule has 14 heavy (non-hydrogen) atoms. The number of carboxylic acid groups (broad SMARTS) is 1. The van der Waals surface area contributed by atoms with Crippen LogP contribution in [-0.2, 0) is 19.1 Å². The molecule has 6 nitrogen and oxygen atoms in total. The van der Waals surface area contributed by atoms with Crippen LogP contribution >= 0.6 is 0 Å². The van der Waals surface area contributed by atoms with E-state index in [0.29, 0.717) is 0 Å². The van der Waals surface area contributed by atoms with Gasteiger partial charge in [0.25, 0.3) is 0 Å². The number of aliphatic carboxylic acids is 1. The van der Waals surface area contributed by atoms with Gasteiger partial charge in [0.2, 0.25) is 5.91 Å². The van der Waals surface area contributed by atoms with Crippen LogP contribution in [0.15, 0.2) is 11.8 Å². The van der Waals surface area contributed by atoms with E-state index in [4.69, 9.17) is 5.11 Å². The third-order valence-electron chi connectivity index (χ3n) is 1.20. The Morgan fingerprint density at radius 2 is 2.00 bits per heavy atom. The van der Waals surface area contributed by atoms with Crippen LogP contribution in [-0.4, -0.2) is 30.1 Å². The molecule has 2 N–H and O–H groups in total. The molecule has 0 aromatic heterocycles. The van der Waals surface area contributed by atoms with Gasteiger partial charge in [0, 0.05) is 6.92 Å². The van der Waals surface area contributed by atoms with Crippen molar-refractivity contribution in [1.82, 2.24) is 5.32 Å². The molecule has 0 saturated heterocycles. The average molecular weight is 201 g/mol. The Bertz CT molecular complexity index is 281. The molecule has 0 bridgehead atoms. The zero-order chi connectivity index (χ0) is 11.1. The summed E-state index contributed by atoms with van der Waals surface area (Å²) in [7, 11) is 1.14. The van der Waals surface area contributed by atoms with Crippen molar-refractivity contribution in [1.29, 1.82) is 0 Å². The molecular weight excluding hydrogens is 190 g/mol. The van der Waals surface area contributed by atoms with E-state index < -0.39 is 17.8 Å². The number of amides is 1. The van der Waals surface area contributed by atoms with Crippen molar-refractivity contribution in [3.05, 3.63) is 11.8 Å². The Hall–Kier alpha value is -1.85. The minimum Gasteiger partial charge on any atom is -0.481 e. The van der Waals surface area contributed by atoms with Crippen LogP contribution in [0, 0.1) is 0 Å². The van der Waals surface area contributed by atoms with Crippen LogP contribution < -0.4 is 5.32 Å². The van der Waals surface area contributed by atoms with E-state index in [-0.39, 0.29) is 12.1 Å². The first-order valence-corrected chi connectivity index (χ1v) is 3.75. The van der Waals surface area contributed by atoms with Gasteiger partial charge in [-0.3, -0.25) is 9.59 Å². The summed E-state index contributed by atoms with van der Waals surface area (Å²) in [5, 5.41) is 10.5. The van der Waals surface area contributed by atoms with Crippen molar-refractivity contribution in [2.45, 2.75) is 13.3 Å². The monoisotopic (exact) mass is 201 g/mol. The standard InChI is InChI=1S/C8H11NO5/c1-5(10)9-6(8(13)14-2)3-4-7(11)12/h3H,4H2,1-2H3,(H,9,10)(H,11,12)/b6-3+. The van der Waals surface area contributed by atoms with Gasteiger partial charge in [-0.2, -0.15) is 0 Å². The maximum Gasteiger partial charge on any atom is 0.354 e. The van der Waals surface area contributed by atoms with Gasteiger partial charge < -0.3 is 15.2 Å². The molecule has 6 heteroatoms. The van der Waals surface area contributed by atoms with E-state index in [9.17, 15) is 14.4 Å². The maximum absolute atomic E-state index is 11.0. The number of esters is 1. The van der Waals surface area contributed by atoms with Crippen LogP contribution in [0.3, 0.4) is 0 Å². The van der Waals surface area contributed by atoms with Crippen molar-refractivity contribution >= 4 is 17.8 Å². The zero-order valence-electron chi connectivity index (χ0n) is 7.86. The highest BCUT2D eigenvalue weighted by Crippen LogP contribution is 1.96. The Kier molecular flexibility index (Phi) is 4.98. The second-order valence-electron chi connectivity index (χ2n) is 2.39. The van der Waals surface area contributed by atoms with E-state index >= 15 is 0 Å². The van der Waals surface area contributed by atoms with Crippen LogP contribution in [0.5, 0.6) is 0 Å². The molecule has 0 fully saturated rings. The summed E-state index contributed by atoms with van der Waals surface area (Å²) in [4.78, 5) is 31.8. The molecule has 0 aliphatic rings. The van der Waals surface area contributed by atoms with Crippen molar-refractivity contribution in [3.8, 4) is 0 Å². The first-order chi connectivity index (χ1) is 6.47. The molecule has 0 unspecified atom stereocenters. The van der Waals surface area contributed by atoms with Crippen molar-refractivity contribution in [2.24, 2.45) is 0 Å². The summed E-state index contributed by atoms with van der Waals surface area (Å²) < 4.78 is 4.33. The van der Waals surface area contributed by atoms with Gasteiger partial charge in [-0.05, 0) is 6.08 Å². The first kappa shape index (κ1) is 12.2. The third kappa shape index (κ3) is 4.91. The molecule has 0 saturated carbocycles. The number of methoxy groups -OCH3 is 1. The van der Waals surface area contributed by atoms with Gasteiger partial charge in [0.15, 0.2) is 0 Å². The Labute approximate surface area is 80.5 Å². The van der Waals surface area contributed by atoms with Crippen molar-refractivity contribution in [3.63, 3.8) is 0 Å². The zero-order valence-corrected chi connectivity index (χ0v) is 7.86. The van der Waals surface area contributed by atoms with Gasteiger partial charge in [-0.25, -0.2) is 4.79 Å². The van der Waals surface area contributed by atoms with Gasteiger partial charge in [-0.15, -0.1) is 0 Å². The summed E-state index contributed by atoms with van der Waals surface area (Å²) in [6, 6.07) is 0. The predicted octanol–water partition coefficient (Wildman–Crippen LogP) is -0.346. The highest BCUT2D eigenvalue weighted by molar-refractivity contribution is 5.93. The Morgan fingerprint density at radius 1 is 1.43 bits per heavy atom. The molecule has 0 aliphatic heterocycles. The van der Waals surface area contributed by atoms with E-state index in [2.05, 4.69) is 10.1 Å². The fourth-order valence-corrected chi connectivity index (χ4v) is 0.674. The van der Waals surface area contributed by atoms with E-state index in [1.54, 1.807) is 0 Å². The summed E-state index contributed by atoms with van der Waals surface area (Å²) in [5.41, 5.74) is -0.164. The summed E-state index contributed by atoms with van der Waals surface area (Å²) in [6.07, 6.45) is 0.722. The molecule has 78 valence electrons. The number of rotatable bonds is 4. The Balaban J connectivity index is 4.53. The normalized spacial score (nSPS) is 10.6. The number of nitrogens with one attached hydrogen (secondary N) is 1. The second kappa shape index (κ2) is 5.74. The molecule has 0 radical (unpaired) electrons. The van der Waals surface area contributed by atoms with Crippen LogP contribution in [0.1, 0.15) is 13.3 Å². The molecule has 0 spiro atoms. The fourth-order valence-electron chi connectivity index (χ4n) is 0.674. The Morgan fingerprint density at radius 3 is 2.36 bits per heavy atom. The van der Waals surface area contributed by atoms with Gasteiger partial charge >= 0.3 is 11.9 Å². The average Bonchev–Trinajstić information content (AvgIpc) is 2.10. The number of ether oxygens (including phenoxy) is 1. The third-order valence-corrected chi connectivity index (χ3v) is 1.20. The summed E-state index contributed by atoms with van der Waals surface area (Å²) >= 11 is 0. The lowest BCUT2D eigenvalue weighted by Crippen LogP contribution is -2.26. The number of carboxylic acids is 1. The van der Waals surface area contributed by atoms with E-state index in [1.165, 1.54) is 6.92 Å². The highest BCUT2D eigenvalue weighted by Gasteiger charge is 2.10. The van der Waals surface area contributed by atoms with Crippen LogP contribution in [0.25, 0.3) is 0 Å². The number of hydrogen-bond donors (Lipinski definition) is 2.